The zero-order valence-corrected chi connectivity index (χ0v) is 7.11. The van der Waals surface area contributed by atoms with E-state index in [9.17, 15) is 13.2 Å². The second-order valence-corrected chi connectivity index (χ2v) is 2.57. The summed E-state index contributed by atoms with van der Waals surface area (Å²) in [6.45, 7) is 3.32. The third-order valence-electron chi connectivity index (χ3n) is 1.66. The number of ether oxygens (including phenoxy) is 1. The first-order chi connectivity index (χ1) is 7.76. The number of allylic oxidation sites excluding steroid dienone is 1. The third-order valence-corrected chi connectivity index (χ3v) is 1.66. The highest BCUT2D eigenvalue weighted by atomic mass is 19.2. The van der Waals surface area contributed by atoms with Crippen LogP contribution in [0.4, 0.5) is 13.2 Å². The van der Waals surface area contributed by atoms with E-state index in [4.69, 9.17) is 4.11 Å². The van der Waals surface area contributed by atoms with Gasteiger partial charge in [0.1, 0.15) is 0 Å². The molecule has 1 rings (SSSR count). The fourth-order valence-corrected chi connectivity index (χ4v) is 1.01. The molecule has 0 aliphatic heterocycles. The van der Waals surface area contributed by atoms with Crippen LogP contribution in [-0.2, 0) is 6.42 Å². The highest BCUT2D eigenvalue weighted by Gasteiger charge is 2.18. The molecule has 0 atom stereocenters. The van der Waals surface area contributed by atoms with Gasteiger partial charge in [-0.25, -0.2) is 8.78 Å². The summed E-state index contributed by atoms with van der Waals surface area (Å²) in [6, 6.07) is 0.807. The Bertz CT molecular complexity index is 443. The molecule has 0 unspecified atom stereocenters. The molecule has 0 bridgehead atoms. The van der Waals surface area contributed by atoms with Crippen LogP contribution < -0.4 is 4.74 Å². The third kappa shape index (κ3) is 1.73. The van der Waals surface area contributed by atoms with Crippen LogP contribution in [0.3, 0.4) is 0 Å². The molecule has 0 radical (unpaired) electrons. The van der Waals surface area contributed by atoms with E-state index in [1.165, 1.54) is 6.08 Å². The first kappa shape index (κ1) is 6.92. The molecule has 4 heteroatoms. The molecule has 1 aromatic rings. The lowest BCUT2D eigenvalue weighted by Gasteiger charge is -2.07. The van der Waals surface area contributed by atoms with E-state index >= 15 is 0 Å². The summed E-state index contributed by atoms with van der Waals surface area (Å²) >= 11 is 0. The van der Waals surface area contributed by atoms with Gasteiger partial charge in [-0.15, -0.1) is 6.58 Å². The first-order valence-corrected chi connectivity index (χ1v) is 3.72. The van der Waals surface area contributed by atoms with Crippen molar-refractivity contribution in [2.75, 3.05) is 7.04 Å². The van der Waals surface area contributed by atoms with Crippen molar-refractivity contribution >= 4 is 0 Å². The summed E-state index contributed by atoms with van der Waals surface area (Å²) in [7, 11) is -2.93. The Morgan fingerprint density at radius 1 is 1.43 bits per heavy atom. The largest absolute Gasteiger partial charge is 0.494 e. The van der Waals surface area contributed by atoms with Gasteiger partial charge in [-0.2, -0.15) is 4.39 Å². The van der Waals surface area contributed by atoms with Gasteiger partial charge in [-0.05, 0) is 18.1 Å². The van der Waals surface area contributed by atoms with Crippen molar-refractivity contribution in [3.63, 3.8) is 0 Å². The summed E-state index contributed by atoms with van der Waals surface area (Å²) in [4.78, 5) is 0. The molecule has 0 saturated heterocycles. The van der Waals surface area contributed by atoms with Crippen LogP contribution >= 0.6 is 0 Å². The van der Waals surface area contributed by atoms with Crippen molar-refractivity contribution in [2.24, 2.45) is 0 Å². The molecule has 0 saturated carbocycles. The molecular weight excluding hydrogens is 193 g/mol. The van der Waals surface area contributed by atoms with E-state index in [0.29, 0.717) is 0 Å². The monoisotopic (exact) mass is 205 g/mol. The maximum atomic E-state index is 13.2. The Morgan fingerprint density at radius 3 is 2.71 bits per heavy atom. The SMILES string of the molecule is [2H]C([2H])([2H])Oc1cc(CC=C)c(F)c(F)c1F. The number of rotatable bonds is 3. The highest BCUT2D eigenvalue weighted by Crippen LogP contribution is 2.25. The van der Waals surface area contributed by atoms with Gasteiger partial charge in [0.25, 0.3) is 0 Å². The fourth-order valence-electron chi connectivity index (χ4n) is 1.01. The first-order valence-electron chi connectivity index (χ1n) is 5.22. The van der Waals surface area contributed by atoms with Crippen LogP contribution in [0.15, 0.2) is 18.7 Å². The lowest BCUT2D eigenvalue weighted by Crippen LogP contribution is -2.00. The van der Waals surface area contributed by atoms with Gasteiger partial charge in [-0.1, -0.05) is 6.08 Å². The van der Waals surface area contributed by atoms with E-state index in [-0.39, 0.29) is 12.0 Å². The Labute approximate surface area is 84.0 Å². The van der Waals surface area contributed by atoms with Crippen LogP contribution in [0, 0.1) is 17.5 Å². The molecule has 0 fully saturated rings. The Balaban J connectivity index is 3.26. The van der Waals surface area contributed by atoms with E-state index < -0.39 is 30.2 Å². The average molecular weight is 205 g/mol. The standard InChI is InChI=1S/C10H9F3O/c1-3-4-6-5-7(14-2)9(12)10(13)8(6)11/h3,5H,1,4H2,2H3/i2D3. The normalized spacial score (nSPS) is 14.1. The molecule has 0 spiro atoms. The lowest BCUT2D eigenvalue weighted by molar-refractivity contribution is 0.358. The summed E-state index contributed by atoms with van der Waals surface area (Å²) in [5.41, 5.74) is -0.224. The predicted octanol–water partition coefficient (Wildman–Crippen LogP) is 2.84. The Hall–Kier alpha value is -1.45. The zero-order valence-electron chi connectivity index (χ0n) is 10.1. The molecule has 14 heavy (non-hydrogen) atoms. The van der Waals surface area contributed by atoms with Gasteiger partial charge in [0.2, 0.25) is 5.82 Å². The molecule has 0 heterocycles. The molecule has 0 N–H and O–H groups in total. The van der Waals surface area contributed by atoms with E-state index in [1.54, 1.807) is 0 Å². The van der Waals surface area contributed by atoms with E-state index in [1.807, 2.05) is 0 Å². The van der Waals surface area contributed by atoms with Crippen LogP contribution in [0.2, 0.25) is 0 Å². The Kier molecular flexibility index (Phi) is 2.06. The molecule has 0 aliphatic carbocycles. The smallest absolute Gasteiger partial charge is 0.203 e. The van der Waals surface area contributed by atoms with Crippen LogP contribution in [0.25, 0.3) is 0 Å². The van der Waals surface area contributed by atoms with Gasteiger partial charge >= 0.3 is 0 Å². The van der Waals surface area contributed by atoms with Gasteiger partial charge in [0, 0.05) is 0 Å². The lowest BCUT2D eigenvalue weighted by atomic mass is 10.1. The van der Waals surface area contributed by atoms with Gasteiger partial charge in [0.15, 0.2) is 17.4 Å². The summed E-state index contributed by atoms with van der Waals surface area (Å²) in [5.74, 6) is -5.64. The predicted molar refractivity (Wildman–Crippen MR) is 46.8 cm³/mol. The van der Waals surface area contributed by atoms with Gasteiger partial charge in [-0.3, -0.25) is 0 Å². The highest BCUT2D eigenvalue weighted by molar-refractivity contribution is 5.33. The number of halogens is 3. The van der Waals surface area contributed by atoms with Crippen molar-refractivity contribution in [3.8, 4) is 5.75 Å². The number of hydrogen-bond donors (Lipinski definition) is 0. The zero-order chi connectivity index (χ0) is 13.2. The molecule has 0 aromatic heterocycles. The summed E-state index contributed by atoms with van der Waals surface area (Å²) in [6.07, 6.45) is 1.20. The number of benzene rings is 1. The summed E-state index contributed by atoms with van der Waals surface area (Å²) < 4.78 is 64.1. The van der Waals surface area contributed by atoms with Crippen LogP contribution in [0.1, 0.15) is 9.68 Å². The second kappa shape index (κ2) is 4.17. The number of hydrogen-bond acceptors (Lipinski definition) is 1. The van der Waals surface area contributed by atoms with E-state index in [2.05, 4.69) is 11.3 Å². The molecule has 1 nitrogen and oxygen atoms in total. The molecule has 0 aliphatic rings. The van der Waals surface area contributed by atoms with Crippen molar-refractivity contribution in [1.82, 2.24) is 0 Å². The fraction of sp³-hybridized carbons (Fsp3) is 0.200. The summed E-state index contributed by atoms with van der Waals surface area (Å²) in [5, 5.41) is 0. The Morgan fingerprint density at radius 2 is 2.14 bits per heavy atom. The minimum absolute atomic E-state index is 0.0691. The van der Waals surface area contributed by atoms with Crippen molar-refractivity contribution in [2.45, 2.75) is 6.42 Å². The minimum Gasteiger partial charge on any atom is -0.494 e. The van der Waals surface area contributed by atoms with Crippen molar-refractivity contribution in [3.05, 3.63) is 41.7 Å². The molecule has 0 amide bonds. The topological polar surface area (TPSA) is 9.23 Å². The quantitative estimate of drug-likeness (QED) is 0.544. The average Bonchev–Trinajstić information content (AvgIpc) is 2.20. The second-order valence-electron chi connectivity index (χ2n) is 2.57. The van der Waals surface area contributed by atoms with E-state index in [0.717, 1.165) is 6.07 Å². The molecule has 1 aromatic carbocycles. The molecular formula is C10H9F3O. The maximum absolute atomic E-state index is 13.2. The van der Waals surface area contributed by atoms with Gasteiger partial charge < -0.3 is 4.74 Å². The number of methoxy groups -OCH3 is 1. The van der Waals surface area contributed by atoms with Crippen LogP contribution in [-0.4, -0.2) is 7.04 Å². The maximum Gasteiger partial charge on any atom is 0.203 e. The van der Waals surface area contributed by atoms with Crippen molar-refractivity contribution < 1.29 is 22.0 Å². The van der Waals surface area contributed by atoms with Crippen LogP contribution in [0.5, 0.6) is 5.75 Å². The van der Waals surface area contributed by atoms with Crippen molar-refractivity contribution in [1.29, 1.82) is 0 Å². The minimum atomic E-state index is -2.93. The van der Waals surface area contributed by atoms with Gasteiger partial charge in [0.05, 0.1) is 11.2 Å². The molecule has 76 valence electrons.